The molecule has 3 nitrogen and oxygen atoms in total. The molecule has 114 valence electrons. The number of methoxy groups -OCH3 is 1. The van der Waals surface area contributed by atoms with Gasteiger partial charge in [0.05, 0.1) is 22.2 Å². The molecule has 0 bridgehead atoms. The highest BCUT2D eigenvalue weighted by atomic mass is 79.9. The van der Waals surface area contributed by atoms with E-state index in [1.165, 1.54) is 0 Å². The van der Waals surface area contributed by atoms with Gasteiger partial charge < -0.3 is 13.9 Å². The van der Waals surface area contributed by atoms with Crippen LogP contribution in [0.1, 0.15) is 28.6 Å². The maximum absolute atomic E-state index is 5.64. The van der Waals surface area contributed by atoms with Crippen molar-refractivity contribution in [1.82, 2.24) is 0 Å². The van der Waals surface area contributed by atoms with Crippen LogP contribution in [0.3, 0.4) is 0 Å². The standard InChI is InChI=1S/C16H18Br2O3/c1-3-14-12(6-7-20-14)16(18)11-4-5-15(13(17)10-11)21-9-8-19-2/h4-7,10,16H,3,8-9H2,1-2H3. The highest BCUT2D eigenvalue weighted by Crippen LogP contribution is 2.37. The SMILES string of the molecule is CCc1occc1C(Br)c1ccc(OCCOC)c(Br)c1. The number of ether oxygens (including phenoxy) is 2. The Hall–Kier alpha value is -0.780. The number of furan rings is 1. The van der Waals surface area contributed by atoms with E-state index in [4.69, 9.17) is 13.9 Å². The Bertz CT molecular complexity index is 581. The van der Waals surface area contributed by atoms with E-state index < -0.39 is 0 Å². The van der Waals surface area contributed by atoms with E-state index in [-0.39, 0.29) is 4.83 Å². The Balaban J connectivity index is 2.15. The van der Waals surface area contributed by atoms with Crippen molar-refractivity contribution in [2.75, 3.05) is 20.3 Å². The lowest BCUT2D eigenvalue weighted by molar-refractivity contribution is 0.146. The lowest BCUT2D eigenvalue weighted by Crippen LogP contribution is -2.05. The fourth-order valence-corrected chi connectivity index (χ4v) is 3.27. The van der Waals surface area contributed by atoms with Gasteiger partial charge in [-0.2, -0.15) is 0 Å². The van der Waals surface area contributed by atoms with E-state index >= 15 is 0 Å². The van der Waals surface area contributed by atoms with Gasteiger partial charge in [-0.25, -0.2) is 0 Å². The predicted octanol–water partition coefficient (Wildman–Crippen LogP) is 5.11. The third-order valence-electron chi connectivity index (χ3n) is 3.17. The summed E-state index contributed by atoms with van der Waals surface area (Å²) in [6.07, 6.45) is 2.61. The molecule has 0 aliphatic carbocycles. The number of hydrogen-bond acceptors (Lipinski definition) is 3. The van der Waals surface area contributed by atoms with Crippen LogP contribution in [0.5, 0.6) is 5.75 Å². The van der Waals surface area contributed by atoms with Crippen LogP contribution in [0, 0.1) is 0 Å². The fraction of sp³-hybridized carbons (Fsp3) is 0.375. The summed E-state index contributed by atoms with van der Waals surface area (Å²) in [6.45, 7) is 3.20. The fourth-order valence-electron chi connectivity index (χ4n) is 2.07. The van der Waals surface area contributed by atoms with Crippen molar-refractivity contribution in [1.29, 1.82) is 0 Å². The van der Waals surface area contributed by atoms with Crippen LogP contribution < -0.4 is 4.74 Å². The normalized spacial score (nSPS) is 12.4. The third-order valence-corrected chi connectivity index (χ3v) is 4.81. The Kier molecular flexibility index (Phi) is 6.33. The monoisotopic (exact) mass is 416 g/mol. The number of aryl methyl sites for hydroxylation is 1. The van der Waals surface area contributed by atoms with E-state index in [1.807, 2.05) is 12.1 Å². The molecule has 1 atom stereocenters. The molecule has 21 heavy (non-hydrogen) atoms. The first-order chi connectivity index (χ1) is 10.2. The Labute approximate surface area is 141 Å². The van der Waals surface area contributed by atoms with Crippen molar-refractivity contribution in [3.05, 3.63) is 51.9 Å². The summed E-state index contributed by atoms with van der Waals surface area (Å²) in [7, 11) is 1.66. The first-order valence-electron chi connectivity index (χ1n) is 6.78. The summed E-state index contributed by atoms with van der Waals surface area (Å²) in [5.74, 6) is 1.83. The highest BCUT2D eigenvalue weighted by Gasteiger charge is 2.17. The van der Waals surface area contributed by atoms with Crippen LogP contribution in [-0.2, 0) is 11.2 Å². The molecular formula is C16H18Br2O3. The van der Waals surface area contributed by atoms with Crippen molar-refractivity contribution in [2.24, 2.45) is 0 Å². The topological polar surface area (TPSA) is 31.6 Å². The average Bonchev–Trinajstić information content (AvgIpc) is 2.96. The molecule has 0 saturated heterocycles. The van der Waals surface area contributed by atoms with E-state index in [0.29, 0.717) is 13.2 Å². The van der Waals surface area contributed by atoms with E-state index in [1.54, 1.807) is 13.4 Å². The summed E-state index contributed by atoms with van der Waals surface area (Å²) in [4.78, 5) is 0.107. The first kappa shape index (κ1) is 16.6. The van der Waals surface area contributed by atoms with Crippen LogP contribution in [0.2, 0.25) is 0 Å². The molecule has 1 aromatic heterocycles. The van der Waals surface area contributed by atoms with E-state index in [2.05, 4.69) is 50.9 Å². The van der Waals surface area contributed by atoms with Gasteiger partial charge in [0, 0.05) is 19.1 Å². The molecule has 2 rings (SSSR count). The zero-order chi connectivity index (χ0) is 15.2. The van der Waals surface area contributed by atoms with E-state index in [9.17, 15) is 0 Å². The lowest BCUT2D eigenvalue weighted by Gasteiger charge is -2.13. The minimum Gasteiger partial charge on any atom is -0.490 e. The number of benzene rings is 1. The van der Waals surface area contributed by atoms with Crippen molar-refractivity contribution in [3.8, 4) is 5.75 Å². The maximum atomic E-state index is 5.64. The minimum absolute atomic E-state index is 0.107. The largest absolute Gasteiger partial charge is 0.490 e. The molecule has 2 aromatic rings. The predicted molar refractivity (Wildman–Crippen MR) is 90.4 cm³/mol. The second-order valence-corrected chi connectivity index (χ2v) is 6.32. The number of rotatable bonds is 7. The second kappa shape index (κ2) is 8.01. The minimum atomic E-state index is 0.107. The summed E-state index contributed by atoms with van der Waals surface area (Å²) in [6, 6.07) is 8.09. The molecule has 1 aromatic carbocycles. The molecule has 0 spiro atoms. The van der Waals surface area contributed by atoms with E-state index in [0.717, 1.165) is 33.5 Å². The summed E-state index contributed by atoms with van der Waals surface area (Å²) in [5.41, 5.74) is 2.31. The summed E-state index contributed by atoms with van der Waals surface area (Å²) in [5, 5.41) is 0. The molecule has 0 aliphatic rings. The molecule has 0 radical (unpaired) electrons. The van der Waals surface area contributed by atoms with Crippen LogP contribution in [0.25, 0.3) is 0 Å². The molecule has 1 heterocycles. The molecule has 0 amide bonds. The quantitative estimate of drug-likeness (QED) is 0.463. The van der Waals surface area contributed by atoms with Crippen LogP contribution in [0.15, 0.2) is 39.4 Å². The summed E-state index contributed by atoms with van der Waals surface area (Å²) >= 11 is 7.30. The van der Waals surface area contributed by atoms with Crippen molar-refractivity contribution in [3.63, 3.8) is 0 Å². The molecule has 0 fully saturated rings. The Morgan fingerprint density at radius 1 is 1.24 bits per heavy atom. The van der Waals surface area contributed by atoms with Crippen molar-refractivity contribution in [2.45, 2.75) is 18.2 Å². The Morgan fingerprint density at radius 2 is 2.05 bits per heavy atom. The van der Waals surface area contributed by atoms with Gasteiger partial charge in [-0.1, -0.05) is 28.9 Å². The van der Waals surface area contributed by atoms with Gasteiger partial charge in [0.1, 0.15) is 18.1 Å². The van der Waals surface area contributed by atoms with Crippen molar-refractivity contribution >= 4 is 31.9 Å². The van der Waals surface area contributed by atoms with Gasteiger partial charge in [-0.15, -0.1) is 0 Å². The number of alkyl halides is 1. The van der Waals surface area contributed by atoms with Crippen molar-refractivity contribution < 1.29 is 13.9 Å². The van der Waals surface area contributed by atoms with Gasteiger partial charge in [-0.3, -0.25) is 0 Å². The molecule has 1 unspecified atom stereocenters. The molecule has 0 aliphatic heterocycles. The third kappa shape index (κ3) is 4.11. The average molecular weight is 418 g/mol. The second-order valence-electron chi connectivity index (χ2n) is 4.55. The summed E-state index contributed by atoms with van der Waals surface area (Å²) < 4.78 is 17.1. The van der Waals surface area contributed by atoms with Crippen LogP contribution >= 0.6 is 31.9 Å². The number of halogens is 2. The van der Waals surface area contributed by atoms with Gasteiger partial charge in [0.25, 0.3) is 0 Å². The lowest BCUT2D eigenvalue weighted by atomic mass is 10.0. The number of hydrogen-bond donors (Lipinski definition) is 0. The van der Waals surface area contributed by atoms with Gasteiger partial charge >= 0.3 is 0 Å². The highest BCUT2D eigenvalue weighted by molar-refractivity contribution is 9.10. The smallest absolute Gasteiger partial charge is 0.133 e. The van der Waals surface area contributed by atoms with Gasteiger partial charge in [0.2, 0.25) is 0 Å². The molecule has 0 saturated carbocycles. The maximum Gasteiger partial charge on any atom is 0.133 e. The first-order valence-corrected chi connectivity index (χ1v) is 8.49. The Morgan fingerprint density at radius 3 is 2.71 bits per heavy atom. The zero-order valence-corrected chi connectivity index (χ0v) is 15.2. The zero-order valence-electron chi connectivity index (χ0n) is 12.1. The molecular weight excluding hydrogens is 400 g/mol. The van der Waals surface area contributed by atoms with Crippen LogP contribution in [0.4, 0.5) is 0 Å². The molecule has 5 heteroatoms. The van der Waals surface area contributed by atoms with Gasteiger partial charge in [-0.05, 0) is 39.7 Å². The molecule has 0 N–H and O–H groups in total. The van der Waals surface area contributed by atoms with Gasteiger partial charge in [0.15, 0.2) is 0 Å². The van der Waals surface area contributed by atoms with Crippen LogP contribution in [-0.4, -0.2) is 20.3 Å².